The molecule has 166 valence electrons. The van der Waals surface area contributed by atoms with Crippen molar-refractivity contribution in [2.75, 3.05) is 25.6 Å². The summed E-state index contributed by atoms with van der Waals surface area (Å²) in [5.74, 6) is -0.687. The van der Waals surface area contributed by atoms with Gasteiger partial charge < -0.3 is 19.8 Å². The number of aryl methyl sites for hydroxylation is 2. The summed E-state index contributed by atoms with van der Waals surface area (Å²) < 4.78 is 38.8. The molecule has 10 nitrogen and oxygen atoms in total. The van der Waals surface area contributed by atoms with E-state index in [9.17, 15) is 18.0 Å². The van der Waals surface area contributed by atoms with E-state index in [2.05, 4.69) is 20.0 Å². The van der Waals surface area contributed by atoms with Crippen LogP contribution >= 0.6 is 11.3 Å². The number of rotatable bonds is 8. The number of nitrogens with zero attached hydrogens (tertiary/aromatic N) is 1. The average molecular weight is 467 g/mol. The second-order valence-corrected chi connectivity index (χ2v) is 9.26. The first-order chi connectivity index (χ1) is 14.7. The quantitative estimate of drug-likeness (QED) is 0.433. The maximum atomic E-state index is 12.8. The molecule has 2 heterocycles. The van der Waals surface area contributed by atoms with Crippen molar-refractivity contribution in [2.24, 2.45) is 0 Å². The highest BCUT2D eigenvalue weighted by atomic mass is 32.2. The summed E-state index contributed by atoms with van der Waals surface area (Å²) >= 11 is 1.24. The van der Waals surface area contributed by atoms with E-state index >= 15 is 0 Å². The van der Waals surface area contributed by atoms with Gasteiger partial charge >= 0.3 is 5.97 Å². The third-order valence-corrected chi connectivity index (χ3v) is 6.84. The fourth-order valence-electron chi connectivity index (χ4n) is 3.02. The molecule has 0 aliphatic rings. The van der Waals surface area contributed by atoms with Crippen LogP contribution in [-0.2, 0) is 19.6 Å². The molecule has 0 saturated heterocycles. The van der Waals surface area contributed by atoms with E-state index in [0.717, 1.165) is 4.70 Å². The molecule has 0 saturated carbocycles. The molecule has 0 aliphatic heterocycles. The second kappa shape index (κ2) is 9.04. The van der Waals surface area contributed by atoms with E-state index in [1.807, 2.05) is 0 Å². The number of nitrogens with one attached hydrogen (secondary N) is 3. The molecular weight excluding hydrogens is 444 g/mol. The summed E-state index contributed by atoms with van der Waals surface area (Å²) in [6.45, 7) is 4.30. The van der Waals surface area contributed by atoms with Crippen molar-refractivity contribution in [2.45, 2.75) is 25.7 Å². The van der Waals surface area contributed by atoms with Gasteiger partial charge in [0.15, 0.2) is 5.13 Å². The van der Waals surface area contributed by atoms with E-state index < -0.39 is 28.4 Å². The Bertz CT molecular complexity index is 1250. The smallest absolute Gasteiger partial charge is 0.341 e. The summed E-state index contributed by atoms with van der Waals surface area (Å²) in [6, 6.07) is 5.31. The number of benzene rings is 1. The van der Waals surface area contributed by atoms with Crippen LogP contribution in [-0.4, -0.2) is 50.5 Å². The number of H-pyrrole nitrogens is 1. The molecule has 3 aromatic rings. The summed E-state index contributed by atoms with van der Waals surface area (Å²) in [5, 5.41) is 2.90. The third kappa shape index (κ3) is 4.86. The molecule has 0 bridgehead atoms. The zero-order valence-corrected chi connectivity index (χ0v) is 19.0. The summed E-state index contributed by atoms with van der Waals surface area (Å²) in [5.41, 5.74) is 1.24. The minimum Gasteiger partial charge on any atom is -0.497 e. The molecule has 31 heavy (non-hydrogen) atoms. The molecule has 3 N–H and O–H groups in total. The lowest BCUT2D eigenvalue weighted by Crippen LogP contribution is -2.33. The van der Waals surface area contributed by atoms with Crippen LogP contribution in [0.15, 0.2) is 23.1 Å². The zero-order valence-electron chi connectivity index (χ0n) is 17.4. The molecule has 0 atom stereocenters. The van der Waals surface area contributed by atoms with Gasteiger partial charge in [-0.05, 0) is 39.0 Å². The molecule has 2 aromatic heterocycles. The Morgan fingerprint density at radius 1 is 1.23 bits per heavy atom. The number of thiazole rings is 1. The van der Waals surface area contributed by atoms with Crippen molar-refractivity contribution in [3.05, 3.63) is 35.2 Å². The SMILES string of the molecule is CCOC(=O)c1c(C)[nH]c(C)c1S(=O)(=O)NCC(=O)Nc1nc2ccc(OC)cc2s1. The van der Waals surface area contributed by atoms with E-state index in [1.54, 1.807) is 39.2 Å². The van der Waals surface area contributed by atoms with Crippen LogP contribution in [0, 0.1) is 13.8 Å². The van der Waals surface area contributed by atoms with Crippen LogP contribution < -0.4 is 14.8 Å². The highest BCUT2D eigenvalue weighted by molar-refractivity contribution is 7.89. The van der Waals surface area contributed by atoms with E-state index in [0.29, 0.717) is 22.1 Å². The number of amides is 1. The zero-order chi connectivity index (χ0) is 22.8. The first-order valence-corrected chi connectivity index (χ1v) is 11.6. The van der Waals surface area contributed by atoms with Gasteiger partial charge in [-0.15, -0.1) is 0 Å². The first-order valence-electron chi connectivity index (χ1n) is 9.26. The number of anilines is 1. The van der Waals surface area contributed by atoms with Crippen LogP contribution in [0.5, 0.6) is 5.75 Å². The predicted octanol–water partition coefficient (Wildman–Crippen LogP) is 2.34. The third-order valence-electron chi connectivity index (χ3n) is 4.33. The Hall–Kier alpha value is -2.96. The molecule has 3 rings (SSSR count). The average Bonchev–Trinajstić information content (AvgIpc) is 3.25. The molecule has 1 aromatic carbocycles. The summed E-state index contributed by atoms with van der Waals surface area (Å²) in [4.78, 5) is 31.4. The van der Waals surface area contributed by atoms with Crippen molar-refractivity contribution < 1.29 is 27.5 Å². The van der Waals surface area contributed by atoms with Crippen molar-refractivity contribution in [1.82, 2.24) is 14.7 Å². The van der Waals surface area contributed by atoms with Gasteiger partial charge in [-0.2, -0.15) is 0 Å². The number of hydrogen-bond donors (Lipinski definition) is 3. The number of carbonyl (C=O) groups is 2. The van der Waals surface area contributed by atoms with Crippen molar-refractivity contribution in [1.29, 1.82) is 0 Å². The topological polar surface area (TPSA) is 139 Å². The Labute approximate surface area is 183 Å². The minimum atomic E-state index is -4.16. The maximum absolute atomic E-state index is 12.8. The van der Waals surface area contributed by atoms with Gasteiger partial charge in [-0.1, -0.05) is 11.3 Å². The lowest BCUT2D eigenvalue weighted by molar-refractivity contribution is -0.115. The van der Waals surface area contributed by atoms with Crippen molar-refractivity contribution >= 4 is 48.6 Å². The first kappa shape index (κ1) is 22.7. The molecule has 0 aliphatic carbocycles. The fourth-order valence-corrected chi connectivity index (χ4v) is 5.36. The van der Waals surface area contributed by atoms with Crippen LogP contribution in [0.2, 0.25) is 0 Å². The monoisotopic (exact) mass is 466 g/mol. The lowest BCUT2D eigenvalue weighted by Gasteiger charge is -2.09. The van der Waals surface area contributed by atoms with Gasteiger partial charge in [0.2, 0.25) is 15.9 Å². The number of aromatic amines is 1. The largest absolute Gasteiger partial charge is 0.497 e. The van der Waals surface area contributed by atoms with Gasteiger partial charge in [0, 0.05) is 11.4 Å². The van der Waals surface area contributed by atoms with E-state index in [-0.39, 0.29) is 22.8 Å². The molecule has 1 amide bonds. The van der Waals surface area contributed by atoms with Crippen LogP contribution in [0.4, 0.5) is 5.13 Å². The van der Waals surface area contributed by atoms with Gasteiger partial charge in [0.05, 0.1) is 30.5 Å². The molecule has 0 unspecified atom stereocenters. The van der Waals surface area contributed by atoms with Crippen molar-refractivity contribution in [3.8, 4) is 5.75 Å². The standard InChI is InChI=1S/C19H22N4O6S2/c1-5-29-18(25)16-10(2)21-11(3)17(16)31(26,27)20-9-15(24)23-19-22-13-7-6-12(28-4)8-14(13)30-19/h6-8,20-21H,5,9H2,1-4H3,(H,22,23,24). The lowest BCUT2D eigenvalue weighted by atomic mass is 10.2. The normalized spacial score (nSPS) is 11.5. The Kier molecular flexibility index (Phi) is 6.62. The summed E-state index contributed by atoms with van der Waals surface area (Å²) in [7, 11) is -2.61. The van der Waals surface area contributed by atoms with Crippen LogP contribution in [0.1, 0.15) is 28.7 Å². The van der Waals surface area contributed by atoms with E-state index in [1.165, 1.54) is 18.3 Å². The number of esters is 1. The molecule has 0 spiro atoms. The van der Waals surface area contributed by atoms with Gasteiger partial charge in [-0.25, -0.2) is 22.9 Å². The van der Waals surface area contributed by atoms with Crippen LogP contribution in [0.25, 0.3) is 10.2 Å². The maximum Gasteiger partial charge on any atom is 0.341 e. The minimum absolute atomic E-state index is 0.0765. The number of ether oxygens (including phenoxy) is 2. The Morgan fingerprint density at radius 2 is 1.97 bits per heavy atom. The second-order valence-electron chi connectivity index (χ2n) is 6.52. The van der Waals surface area contributed by atoms with Crippen LogP contribution in [0.3, 0.4) is 0 Å². The predicted molar refractivity (Wildman–Crippen MR) is 116 cm³/mol. The number of sulfonamides is 1. The Balaban J connectivity index is 1.73. The molecule has 12 heteroatoms. The fraction of sp³-hybridized carbons (Fsp3) is 0.316. The number of aromatic nitrogens is 2. The summed E-state index contributed by atoms with van der Waals surface area (Å²) in [6.07, 6.45) is 0. The van der Waals surface area contributed by atoms with Gasteiger partial charge in [0.25, 0.3) is 0 Å². The number of hydrogen-bond acceptors (Lipinski definition) is 8. The molecule has 0 fully saturated rings. The van der Waals surface area contributed by atoms with Crippen molar-refractivity contribution in [3.63, 3.8) is 0 Å². The number of methoxy groups -OCH3 is 1. The highest BCUT2D eigenvalue weighted by Crippen LogP contribution is 2.29. The Morgan fingerprint density at radius 3 is 2.65 bits per heavy atom. The molecular formula is C19H22N4O6S2. The van der Waals surface area contributed by atoms with E-state index in [4.69, 9.17) is 9.47 Å². The number of carbonyl (C=O) groups excluding carboxylic acids is 2. The highest BCUT2D eigenvalue weighted by Gasteiger charge is 2.30. The van der Waals surface area contributed by atoms with Gasteiger partial charge in [-0.3, -0.25) is 4.79 Å². The number of fused-ring (bicyclic) bond motifs is 1. The molecule has 0 radical (unpaired) electrons. The van der Waals surface area contributed by atoms with Gasteiger partial charge in [0.1, 0.15) is 16.2 Å².